The molecule has 0 amide bonds. The molecule has 4 heterocycles. The van der Waals surface area contributed by atoms with Crippen molar-refractivity contribution in [3.8, 4) is 11.5 Å². The Morgan fingerprint density at radius 3 is 2.60 bits per heavy atom. The van der Waals surface area contributed by atoms with Gasteiger partial charge in [-0.2, -0.15) is 13.2 Å². The van der Waals surface area contributed by atoms with Crippen molar-refractivity contribution >= 4 is 32.7 Å². The molecular formula is C19H16F3N5O2S. The van der Waals surface area contributed by atoms with Crippen LogP contribution in [0.4, 0.5) is 13.2 Å². The number of pyridine rings is 2. The Labute approximate surface area is 169 Å². The van der Waals surface area contributed by atoms with Crippen LogP contribution in [0.3, 0.4) is 0 Å². The highest BCUT2D eigenvalue weighted by Crippen LogP contribution is 2.33. The van der Waals surface area contributed by atoms with Gasteiger partial charge < -0.3 is 4.57 Å². The molecular weight excluding hydrogens is 419 g/mol. The zero-order chi connectivity index (χ0) is 21.8. The SMILES string of the molecule is C=Cc1ccn2c(S(=O)(=O)CC)c(-c3nc4cc(C(F)(F)F)cnc4n3C)nc2c1. The number of hydrogen-bond donors (Lipinski definition) is 0. The average Bonchev–Trinajstić information content (AvgIpc) is 3.24. The van der Waals surface area contributed by atoms with Crippen LogP contribution in [0.25, 0.3) is 34.4 Å². The van der Waals surface area contributed by atoms with E-state index in [2.05, 4.69) is 21.5 Å². The lowest BCUT2D eigenvalue weighted by molar-refractivity contribution is -0.137. The molecule has 30 heavy (non-hydrogen) atoms. The lowest BCUT2D eigenvalue weighted by atomic mass is 10.2. The Morgan fingerprint density at radius 2 is 1.97 bits per heavy atom. The average molecular weight is 435 g/mol. The standard InChI is InChI=1S/C19H16F3N5O2S/c1-4-11-6-7-27-14(8-11)25-15(18(27)30(28,29)5-2)17-24-13-9-12(19(20,21)22)10-23-16(13)26(17)3/h4,6-10H,1,5H2,2-3H3. The molecule has 4 aromatic heterocycles. The number of nitrogens with zero attached hydrogens (tertiary/aromatic N) is 5. The first kappa shape index (κ1) is 20.1. The number of hydrogen-bond acceptors (Lipinski definition) is 5. The number of halogens is 3. The summed E-state index contributed by atoms with van der Waals surface area (Å²) in [5.41, 5.74) is 0.373. The zero-order valence-electron chi connectivity index (χ0n) is 16.0. The van der Waals surface area contributed by atoms with E-state index in [1.165, 1.54) is 15.9 Å². The molecule has 0 aliphatic carbocycles. The molecule has 0 N–H and O–H groups in total. The Balaban J connectivity index is 2.05. The topological polar surface area (TPSA) is 82.1 Å². The molecule has 0 radical (unpaired) electrons. The van der Waals surface area contributed by atoms with Gasteiger partial charge in [-0.3, -0.25) is 4.40 Å². The van der Waals surface area contributed by atoms with Crippen molar-refractivity contribution in [1.82, 2.24) is 23.9 Å². The number of sulfone groups is 1. The lowest BCUT2D eigenvalue weighted by Gasteiger charge is -2.06. The highest BCUT2D eigenvalue weighted by atomic mass is 32.2. The van der Waals surface area contributed by atoms with Crippen molar-refractivity contribution in [3.63, 3.8) is 0 Å². The second-order valence-electron chi connectivity index (χ2n) is 6.62. The van der Waals surface area contributed by atoms with Crippen LogP contribution >= 0.6 is 0 Å². The second-order valence-corrected chi connectivity index (χ2v) is 8.81. The fourth-order valence-electron chi connectivity index (χ4n) is 3.19. The molecule has 0 aromatic carbocycles. The van der Waals surface area contributed by atoms with Gasteiger partial charge >= 0.3 is 6.18 Å². The molecule has 156 valence electrons. The monoisotopic (exact) mass is 435 g/mol. The van der Waals surface area contributed by atoms with E-state index in [0.29, 0.717) is 5.65 Å². The molecule has 0 spiro atoms. The molecule has 0 aliphatic rings. The molecule has 0 atom stereocenters. The van der Waals surface area contributed by atoms with Crippen LogP contribution in [0.1, 0.15) is 18.1 Å². The minimum atomic E-state index is -4.57. The van der Waals surface area contributed by atoms with E-state index in [0.717, 1.165) is 17.8 Å². The van der Waals surface area contributed by atoms with E-state index in [1.54, 1.807) is 31.5 Å². The molecule has 4 aromatic rings. The minimum absolute atomic E-state index is 0.00833. The summed E-state index contributed by atoms with van der Waals surface area (Å²) in [7, 11) is -2.20. The van der Waals surface area contributed by atoms with Gasteiger partial charge in [0.15, 0.2) is 26.3 Å². The van der Waals surface area contributed by atoms with E-state index in [-0.39, 0.29) is 33.5 Å². The molecule has 11 heteroatoms. The third kappa shape index (κ3) is 3.05. The highest BCUT2D eigenvalue weighted by molar-refractivity contribution is 7.91. The van der Waals surface area contributed by atoms with Gasteiger partial charge in [-0.15, -0.1) is 0 Å². The Hall–Kier alpha value is -3.21. The summed E-state index contributed by atoms with van der Waals surface area (Å²) in [6.07, 6.45) is -0.689. The molecule has 0 unspecified atom stereocenters. The number of imidazole rings is 2. The van der Waals surface area contributed by atoms with Crippen molar-refractivity contribution in [2.45, 2.75) is 18.1 Å². The third-order valence-corrected chi connectivity index (χ3v) is 6.50. The van der Waals surface area contributed by atoms with Gasteiger partial charge in [0.2, 0.25) is 0 Å². The van der Waals surface area contributed by atoms with Gasteiger partial charge in [0.25, 0.3) is 0 Å². The first-order chi connectivity index (χ1) is 14.1. The van der Waals surface area contributed by atoms with Crippen LogP contribution in [0, 0.1) is 0 Å². The second kappa shape index (κ2) is 6.66. The number of rotatable bonds is 4. The van der Waals surface area contributed by atoms with Gasteiger partial charge in [-0.05, 0) is 23.8 Å². The van der Waals surface area contributed by atoms with Gasteiger partial charge in [-0.25, -0.2) is 23.4 Å². The fraction of sp³-hybridized carbons (Fsp3) is 0.211. The van der Waals surface area contributed by atoms with E-state index >= 15 is 0 Å². The summed E-state index contributed by atoms with van der Waals surface area (Å²) in [4.78, 5) is 12.5. The normalized spacial score (nSPS) is 12.7. The Bertz CT molecular complexity index is 1420. The number of alkyl halides is 3. The van der Waals surface area contributed by atoms with Crippen molar-refractivity contribution in [2.24, 2.45) is 7.05 Å². The number of aryl methyl sites for hydroxylation is 1. The van der Waals surface area contributed by atoms with Crippen molar-refractivity contribution in [2.75, 3.05) is 5.75 Å². The number of aromatic nitrogens is 5. The fourth-order valence-corrected chi connectivity index (χ4v) is 4.35. The van der Waals surface area contributed by atoms with E-state index in [9.17, 15) is 21.6 Å². The summed E-state index contributed by atoms with van der Waals surface area (Å²) in [6.45, 7) is 5.19. The molecule has 0 aliphatic heterocycles. The first-order valence-electron chi connectivity index (χ1n) is 8.84. The van der Waals surface area contributed by atoms with E-state index < -0.39 is 21.6 Å². The molecule has 0 saturated carbocycles. The van der Waals surface area contributed by atoms with E-state index in [1.807, 2.05) is 0 Å². The molecule has 0 saturated heterocycles. The summed E-state index contributed by atoms with van der Waals surface area (Å²) in [5, 5.41) is -0.0786. The van der Waals surface area contributed by atoms with Gasteiger partial charge in [-0.1, -0.05) is 19.6 Å². The van der Waals surface area contributed by atoms with Gasteiger partial charge in [0.05, 0.1) is 11.3 Å². The smallest absolute Gasteiger partial charge is 0.310 e. The highest BCUT2D eigenvalue weighted by Gasteiger charge is 2.33. The summed E-state index contributed by atoms with van der Waals surface area (Å²) in [5.74, 6) is -0.0788. The maximum Gasteiger partial charge on any atom is 0.417 e. The van der Waals surface area contributed by atoms with Crippen LogP contribution in [0.2, 0.25) is 0 Å². The summed E-state index contributed by atoms with van der Waals surface area (Å²) in [6, 6.07) is 4.23. The predicted molar refractivity (Wildman–Crippen MR) is 106 cm³/mol. The number of fused-ring (bicyclic) bond motifs is 2. The van der Waals surface area contributed by atoms with Crippen molar-refractivity contribution in [3.05, 3.63) is 48.3 Å². The predicted octanol–water partition coefficient (Wildman–Crippen LogP) is 3.74. The van der Waals surface area contributed by atoms with Crippen LogP contribution < -0.4 is 0 Å². The van der Waals surface area contributed by atoms with Crippen LogP contribution in [-0.2, 0) is 23.1 Å². The van der Waals surface area contributed by atoms with Crippen LogP contribution in [-0.4, -0.2) is 38.1 Å². The summed E-state index contributed by atoms with van der Waals surface area (Å²) < 4.78 is 67.7. The van der Waals surface area contributed by atoms with Crippen LogP contribution in [0.15, 0.2) is 42.2 Å². The van der Waals surface area contributed by atoms with E-state index in [4.69, 9.17) is 0 Å². The Morgan fingerprint density at radius 1 is 1.23 bits per heavy atom. The molecule has 7 nitrogen and oxygen atoms in total. The first-order valence-corrected chi connectivity index (χ1v) is 10.5. The molecule has 0 fully saturated rings. The quantitative estimate of drug-likeness (QED) is 0.488. The van der Waals surface area contributed by atoms with Crippen molar-refractivity contribution < 1.29 is 21.6 Å². The Kier molecular flexibility index (Phi) is 4.46. The maximum atomic E-state index is 13.0. The largest absolute Gasteiger partial charge is 0.417 e. The van der Waals surface area contributed by atoms with Crippen LogP contribution in [0.5, 0.6) is 0 Å². The minimum Gasteiger partial charge on any atom is -0.310 e. The summed E-state index contributed by atoms with van der Waals surface area (Å²) >= 11 is 0. The van der Waals surface area contributed by atoms with Gasteiger partial charge in [0, 0.05) is 19.4 Å². The third-order valence-electron chi connectivity index (χ3n) is 4.76. The van der Waals surface area contributed by atoms with Crippen molar-refractivity contribution in [1.29, 1.82) is 0 Å². The zero-order valence-corrected chi connectivity index (χ0v) is 16.8. The lowest BCUT2D eigenvalue weighted by Crippen LogP contribution is -2.09. The maximum absolute atomic E-state index is 13.0. The molecule has 4 rings (SSSR count). The molecule has 0 bridgehead atoms. The van der Waals surface area contributed by atoms with Gasteiger partial charge in [0.1, 0.15) is 16.9 Å².